The number of amides is 1. The Hall–Kier alpha value is -3.32. The summed E-state index contributed by atoms with van der Waals surface area (Å²) >= 11 is 0. The van der Waals surface area contributed by atoms with Gasteiger partial charge in [0.15, 0.2) is 0 Å². The van der Waals surface area contributed by atoms with Crippen LogP contribution in [0.1, 0.15) is 61.9 Å². The van der Waals surface area contributed by atoms with Gasteiger partial charge in [-0.15, -0.1) is 0 Å². The maximum atomic E-state index is 13.3. The van der Waals surface area contributed by atoms with E-state index in [0.29, 0.717) is 35.2 Å². The van der Waals surface area contributed by atoms with Gasteiger partial charge < -0.3 is 24.2 Å². The Labute approximate surface area is 213 Å². The summed E-state index contributed by atoms with van der Waals surface area (Å²) in [4.78, 5) is 27.8. The number of aryl methyl sites for hydroxylation is 1. The van der Waals surface area contributed by atoms with Crippen molar-refractivity contribution < 1.29 is 28.9 Å². The molecule has 36 heavy (non-hydrogen) atoms. The Morgan fingerprint density at radius 1 is 1.06 bits per heavy atom. The zero-order valence-electron chi connectivity index (χ0n) is 22.3. The Morgan fingerprint density at radius 2 is 1.72 bits per heavy atom. The normalized spacial score (nSPS) is 17.4. The van der Waals surface area contributed by atoms with Gasteiger partial charge in [-0.1, -0.05) is 39.8 Å². The summed E-state index contributed by atoms with van der Waals surface area (Å²) in [6.07, 6.45) is 0. The van der Waals surface area contributed by atoms with Crippen molar-refractivity contribution in [3.63, 3.8) is 0 Å². The first-order chi connectivity index (χ1) is 17.1. The van der Waals surface area contributed by atoms with E-state index in [4.69, 9.17) is 14.2 Å². The van der Waals surface area contributed by atoms with Crippen LogP contribution in [0.5, 0.6) is 11.5 Å². The molecule has 2 aromatic carbocycles. The Morgan fingerprint density at radius 3 is 2.28 bits per heavy atom. The highest BCUT2D eigenvalue weighted by atomic mass is 16.5. The summed E-state index contributed by atoms with van der Waals surface area (Å²) in [6, 6.07) is 10.3. The van der Waals surface area contributed by atoms with Crippen LogP contribution in [0.25, 0.3) is 5.76 Å². The van der Waals surface area contributed by atoms with Gasteiger partial charge in [0, 0.05) is 19.2 Å². The van der Waals surface area contributed by atoms with Crippen molar-refractivity contribution >= 4 is 17.4 Å². The topological polar surface area (TPSA) is 85.3 Å². The number of methoxy groups -OCH3 is 2. The average molecular weight is 496 g/mol. The number of carbonyl (C=O) groups is 2. The molecule has 1 heterocycles. The molecule has 0 bridgehead atoms. The molecule has 2 aromatic rings. The number of rotatable bonds is 10. The maximum Gasteiger partial charge on any atom is 0.295 e. The number of ketones is 1. The van der Waals surface area contributed by atoms with Gasteiger partial charge in [0.1, 0.15) is 17.3 Å². The van der Waals surface area contributed by atoms with E-state index in [2.05, 4.69) is 13.8 Å². The zero-order valence-corrected chi connectivity index (χ0v) is 22.3. The smallest absolute Gasteiger partial charge is 0.295 e. The van der Waals surface area contributed by atoms with Crippen LogP contribution in [0.3, 0.4) is 0 Å². The molecule has 0 radical (unpaired) electrons. The summed E-state index contributed by atoms with van der Waals surface area (Å²) in [5.74, 6) is 0.367. The summed E-state index contributed by atoms with van der Waals surface area (Å²) in [6.45, 7) is 11.1. The Balaban J connectivity index is 2.15. The minimum Gasteiger partial charge on any atom is -0.507 e. The third-order valence-corrected chi connectivity index (χ3v) is 6.31. The molecule has 1 amide bonds. The van der Waals surface area contributed by atoms with Gasteiger partial charge in [-0.3, -0.25) is 9.59 Å². The number of ether oxygens (including phenoxy) is 3. The number of nitrogens with zero attached hydrogens (tertiary/aromatic N) is 1. The minimum absolute atomic E-state index is 0.0647. The van der Waals surface area contributed by atoms with Crippen molar-refractivity contribution in [2.45, 2.75) is 46.6 Å². The van der Waals surface area contributed by atoms with Crippen molar-refractivity contribution in [3.05, 3.63) is 64.2 Å². The molecule has 1 unspecified atom stereocenters. The second-order valence-electron chi connectivity index (χ2n) is 9.82. The third kappa shape index (κ3) is 5.57. The van der Waals surface area contributed by atoms with E-state index >= 15 is 0 Å². The van der Waals surface area contributed by atoms with Gasteiger partial charge in [0.2, 0.25) is 0 Å². The maximum absolute atomic E-state index is 13.3. The summed E-state index contributed by atoms with van der Waals surface area (Å²) < 4.78 is 16.5. The van der Waals surface area contributed by atoms with Gasteiger partial charge >= 0.3 is 0 Å². The van der Waals surface area contributed by atoms with Gasteiger partial charge in [-0.2, -0.15) is 0 Å². The van der Waals surface area contributed by atoms with Gasteiger partial charge in [0.25, 0.3) is 11.7 Å². The van der Waals surface area contributed by atoms with Crippen molar-refractivity contribution in [1.82, 2.24) is 4.90 Å². The number of carbonyl (C=O) groups excluding carboxylic acids is 2. The summed E-state index contributed by atoms with van der Waals surface area (Å²) in [7, 11) is 3.15. The molecule has 1 fully saturated rings. The third-order valence-electron chi connectivity index (χ3n) is 6.31. The zero-order chi connectivity index (χ0) is 26.6. The molecular formula is C29H37NO6. The van der Waals surface area contributed by atoms with Crippen LogP contribution in [0.2, 0.25) is 0 Å². The number of aliphatic hydroxyl groups excluding tert-OH is 1. The molecule has 1 aliphatic rings. The lowest BCUT2D eigenvalue weighted by Gasteiger charge is -2.25. The molecule has 0 spiro atoms. The molecule has 1 N–H and O–H groups in total. The van der Waals surface area contributed by atoms with Crippen LogP contribution in [-0.2, 0) is 14.3 Å². The van der Waals surface area contributed by atoms with Crippen molar-refractivity contribution in [3.8, 4) is 11.5 Å². The molecule has 194 valence electrons. The van der Waals surface area contributed by atoms with E-state index in [1.807, 2.05) is 57.2 Å². The number of benzene rings is 2. The van der Waals surface area contributed by atoms with E-state index < -0.39 is 17.7 Å². The highest BCUT2D eigenvalue weighted by molar-refractivity contribution is 6.46. The van der Waals surface area contributed by atoms with Crippen LogP contribution in [0.15, 0.2) is 42.0 Å². The molecule has 1 atom stereocenters. The van der Waals surface area contributed by atoms with Crippen LogP contribution in [0.4, 0.5) is 0 Å². The van der Waals surface area contributed by atoms with Crippen LogP contribution in [0, 0.1) is 12.8 Å². The second kappa shape index (κ2) is 11.6. The lowest BCUT2D eigenvalue weighted by molar-refractivity contribution is -0.140. The largest absolute Gasteiger partial charge is 0.507 e. The number of Topliss-reactive ketones (excluding diaryl/α,β-unsaturated/α-hetero) is 1. The number of hydrogen-bond acceptors (Lipinski definition) is 6. The first-order valence-corrected chi connectivity index (χ1v) is 12.3. The molecule has 0 aromatic heterocycles. The highest BCUT2D eigenvalue weighted by Crippen LogP contribution is 2.41. The van der Waals surface area contributed by atoms with Crippen LogP contribution >= 0.6 is 0 Å². The predicted molar refractivity (Wildman–Crippen MR) is 139 cm³/mol. The average Bonchev–Trinajstić information content (AvgIpc) is 3.10. The molecule has 3 rings (SSSR count). The first kappa shape index (κ1) is 27.3. The fourth-order valence-electron chi connectivity index (χ4n) is 4.38. The number of likely N-dealkylation sites (tertiary alicyclic amines) is 1. The lowest BCUT2D eigenvalue weighted by Crippen LogP contribution is -2.32. The van der Waals surface area contributed by atoms with Gasteiger partial charge in [-0.25, -0.2) is 0 Å². The molecule has 0 aliphatic carbocycles. The van der Waals surface area contributed by atoms with E-state index in [9.17, 15) is 14.7 Å². The van der Waals surface area contributed by atoms with Crippen LogP contribution < -0.4 is 9.47 Å². The molecule has 7 nitrogen and oxygen atoms in total. The van der Waals surface area contributed by atoms with E-state index in [0.717, 1.165) is 11.1 Å². The van der Waals surface area contributed by atoms with Crippen LogP contribution in [-0.4, -0.2) is 55.7 Å². The fraction of sp³-hybridized carbons (Fsp3) is 0.448. The Bertz CT molecular complexity index is 1130. The SMILES string of the molecule is COCCN1C(=O)C(=O)/C(=C(/O)c2cc(C(C)C)c(OC)cc2C)C1c1ccc(OCC(C)C)cc1. The molecule has 0 saturated carbocycles. The standard InChI is InChI=1S/C29H37NO6/c1-17(2)16-36-21-10-8-20(9-11-21)26-25(28(32)29(33)30(26)12-13-34-6)27(31)23-15-22(18(3)4)24(35-7)14-19(23)5/h8-11,14-15,17-18,26,31H,12-13,16H2,1-7H3/b27-25+. The van der Waals surface area contributed by atoms with Crippen molar-refractivity contribution in [1.29, 1.82) is 0 Å². The van der Waals surface area contributed by atoms with Crippen molar-refractivity contribution in [2.24, 2.45) is 5.92 Å². The molecule has 1 saturated heterocycles. The van der Waals surface area contributed by atoms with E-state index in [1.54, 1.807) is 14.2 Å². The van der Waals surface area contributed by atoms with Crippen molar-refractivity contribution in [2.75, 3.05) is 34.0 Å². The Kier molecular flexibility index (Phi) is 8.79. The van der Waals surface area contributed by atoms with E-state index in [1.165, 1.54) is 4.90 Å². The summed E-state index contributed by atoms with van der Waals surface area (Å²) in [5, 5.41) is 11.5. The monoisotopic (exact) mass is 495 g/mol. The lowest BCUT2D eigenvalue weighted by atomic mass is 9.91. The first-order valence-electron chi connectivity index (χ1n) is 12.3. The fourth-order valence-corrected chi connectivity index (χ4v) is 4.38. The number of aliphatic hydroxyl groups is 1. The van der Waals surface area contributed by atoms with E-state index in [-0.39, 0.29) is 30.4 Å². The highest BCUT2D eigenvalue weighted by Gasteiger charge is 2.46. The molecule has 7 heteroatoms. The molecular weight excluding hydrogens is 458 g/mol. The van der Waals surface area contributed by atoms with Gasteiger partial charge in [0.05, 0.1) is 31.9 Å². The second-order valence-corrected chi connectivity index (χ2v) is 9.82. The minimum atomic E-state index is -0.747. The predicted octanol–water partition coefficient (Wildman–Crippen LogP) is 5.23. The summed E-state index contributed by atoms with van der Waals surface area (Å²) in [5.41, 5.74) is 2.93. The van der Waals surface area contributed by atoms with Gasteiger partial charge in [-0.05, 0) is 59.7 Å². The molecule has 1 aliphatic heterocycles. The number of hydrogen-bond donors (Lipinski definition) is 1. The quantitative estimate of drug-likeness (QED) is 0.276.